The van der Waals surface area contributed by atoms with Gasteiger partial charge in [-0.3, -0.25) is 4.98 Å². The number of para-hydroxylation sites is 1. The maximum Gasteiger partial charge on any atom is 0.248 e. The highest BCUT2D eigenvalue weighted by Crippen LogP contribution is 2.39. The molecule has 0 aliphatic rings. The Bertz CT molecular complexity index is 4960. The molecule has 9 heterocycles. The van der Waals surface area contributed by atoms with Gasteiger partial charge >= 0.3 is 0 Å². The van der Waals surface area contributed by atoms with E-state index in [0.29, 0.717) is 22.8 Å². The average Bonchev–Trinajstić information content (AvgIpc) is 1.41. The van der Waals surface area contributed by atoms with Crippen LogP contribution >= 0.6 is 45.3 Å². The van der Waals surface area contributed by atoms with Crippen LogP contribution in [0.1, 0.15) is 22.3 Å². The van der Waals surface area contributed by atoms with Crippen molar-refractivity contribution in [3.63, 3.8) is 0 Å². The number of aromatic nitrogens is 6. The summed E-state index contributed by atoms with van der Waals surface area (Å²) in [4.78, 5) is 10.9. The van der Waals surface area contributed by atoms with Crippen molar-refractivity contribution in [2.24, 2.45) is 28.2 Å². The van der Waals surface area contributed by atoms with Gasteiger partial charge in [0.15, 0.2) is 48.1 Å². The Hall–Kier alpha value is -10.2. The number of thiazole rings is 1. The smallest absolute Gasteiger partial charge is 0.248 e. The molecule has 0 saturated heterocycles. The molecule has 7 aromatic carbocycles. The molecular formula is C82H66F4N6S4+4. The number of benzene rings is 7. The van der Waals surface area contributed by atoms with Gasteiger partial charge in [0.05, 0.1) is 54.7 Å². The van der Waals surface area contributed by atoms with Crippen LogP contribution in [0.5, 0.6) is 0 Å². The molecule has 0 unspecified atom stereocenters. The number of fused-ring (bicyclic) bond motifs is 4. The molecule has 0 amide bonds. The monoisotopic (exact) mass is 1340 g/mol. The fraction of sp³-hybridized carbons (Fsp3) is 0.0976. The lowest BCUT2D eigenvalue weighted by Gasteiger charge is -2.07. The number of pyridine rings is 5. The van der Waals surface area contributed by atoms with E-state index in [1.165, 1.54) is 20.2 Å². The van der Waals surface area contributed by atoms with Gasteiger partial charge in [0, 0.05) is 58.0 Å². The molecule has 16 rings (SSSR count). The van der Waals surface area contributed by atoms with Crippen molar-refractivity contribution in [2.45, 2.75) is 27.7 Å². The minimum absolute atomic E-state index is 0.193. The molecule has 14 heteroatoms. The Morgan fingerprint density at radius 2 is 0.729 bits per heavy atom. The Kier molecular flexibility index (Phi) is 18.8. The van der Waals surface area contributed by atoms with Crippen molar-refractivity contribution in [3.05, 3.63) is 300 Å². The van der Waals surface area contributed by atoms with Crippen molar-refractivity contribution in [2.75, 3.05) is 0 Å². The van der Waals surface area contributed by atoms with Crippen LogP contribution < -0.4 is 18.3 Å². The molecule has 472 valence electrons. The summed E-state index contributed by atoms with van der Waals surface area (Å²) >= 11 is 6.62. The highest BCUT2D eigenvalue weighted by atomic mass is 32.1. The first-order valence-electron chi connectivity index (χ1n) is 31.2. The van der Waals surface area contributed by atoms with Crippen molar-refractivity contribution < 1.29 is 35.8 Å². The maximum atomic E-state index is 15.0. The Balaban J connectivity index is 0.000000116. The first-order chi connectivity index (χ1) is 46.5. The van der Waals surface area contributed by atoms with E-state index in [1.54, 1.807) is 75.8 Å². The second-order valence-corrected chi connectivity index (χ2v) is 27.8. The van der Waals surface area contributed by atoms with E-state index in [4.69, 9.17) is 0 Å². The van der Waals surface area contributed by atoms with Gasteiger partial charge in [0.2, 0.25) is 22.8 Å². The lowest BCUT2D eigenvalue weighted by molar-refractivity contribution is -0.661. The molecule has 0 radical (unpaired) electrons. The second-order valence-electron chi connectivity index (χ2n) is 23.7. The highest BCUT2D eigenvalue weighted by molar-refractivity contribution is 7.23. The molecule has 0 bridgehead atoms. The van der Waals surface area contributed by atoms with E-state index in [2.05, 4.69) is 51.7 Å². The third-order valence-electron chi connectivity index (χ3n) is 17.0. The zero-order valence-corrected chi connectivity index (χ0v) is 57.3. The lowest BCUT2D eigenvalue weighted by atomic mass is 10.0. The average molecular weight is 1340 g/mol. The molecule has 0 spiro atoms. The van der Waals surface area contributed by atoms with Gasteiger partial charge in [-0.2, -0.15) is 35.8 Å². The summed E-state index contributed by atoms with van der Waals surface area (Å²) < 4.78 is 71.8. The van der Waals surface area contributed by atoms with Crippen LogP contribution in [0.2, 0.25) is 0 Å². The SMILES string of the molecule is Cc1ccccc1-c1c(F)cc(-c2cc3ccccc3s2)c[n+]1C.Cc1ccccc1-c1c(F)cc(-c2cc3cnccc3s2)c[n+]1C.Cc1ccccc1-c1c(F)cc(-c2csc3ccccc23)c[n+]1C.Cc1ccccc1-c1c(F)cc(-c2nc3ccccc3s2)c[n+]1C. The lowest BCUT2D eigenvalue weighted by Crippen LogP contribution is -2.32. The molecule has 0 saturated carbocycles. The fourth-order valence-corrected chi connectivity index (χ4v) is 16.2. The molecular weight excluding hydrogens is 1270 g/mol. The molecule has 0 N–H and O–H groups in total. The van der Waals surface area contributed by atoms with Crippen molar-refractivity contribution in [1.29, 1.82) is 0 Å². The number of thiophene rings is 3. The van der Waals surface area contributed by atoms with Crippen LogP contribution in [0.15, 0.2) is 255 Å². The Morgan fingerprint density at radius 3 is 1.20 bits per heavy atom. The van der Waals surface area contributed by atoms with Gasteiger partial charge < -0.3 is 0 Å². The number of hydrogen-bond donors (Lipinski definition) is 0. The highest BCUT2D eigenvalue weighted by Gasteiger charge is 2.26. The zero-order chi connectivity index (χ0) is 66.7. The van der Waals surface area contributed by atoms with E-state index in [0.717, 1.165) is 107 Å². The van der Waals surface area contributed by atoms with Crippen LogP contribution in [0.3, 0.4) is 0 Å². The van der Waals surface area contributed by atoms with Crippen LogP contribution in [-0.4, -0.2) is 9.97 Å². The Morgan fingerprint density at radius 1 is 0.344 bits per heavy atom. The van der Waals surface area contributed by atoms with E-state index in [1.807, 2.05) is 257 Å². The largest absolute Gasteiger partial charge is 0.264 e. The third-order valence-corrected chi connectivity index (χ3v) is 21.4. The number of nitrogens with zero attached hydrogens (tertiary/aromatic N) is 6. The summed E-state index contributed by atoms with van der Waals surface area (Å²) in [6.45, 7) is 8.02. The molecule has 0 aliphatic heterocycles. The summed E-state index contributed by atoms with van der Waals surface area (Å²) in [5.74, 6) is -0.829. The van der Waals surface area contributed by atoms with Crippen LogP contribution in [0, 0.1) is 51.0 Å². The van der Waals surface area contributed by atoms with Gasteiger partial charge in [0.25, 0.3) is 0 Å². The van der Waals surface area contributed by atoms with E-state index in [-0.39, 0.29) is 23.3 Å². The van der Waals surface area contributed by atoms with Crippen molar-refractivity contribution in [3.8, 4) is 87.6 Å². The van der Waals surface area contributed by atoms with Crippen molar-refractivity contribution >= 4 is 85.8 Å². The minimum Gasteiger partial charge on any atom is -0.264 e. The topological polar surface area (TPSA) is 41.3 Å². The predicted octanol–water partition coefficient (Wildman–Crippen LogP) is 20.8. The van der Waals surface area contributed by atoms with Gasteiger partial charge in [0.1, 0.15) is 33.2 Å². The summed E-state index contributed by atoms with van der Waals surface area (Å²) in [6.07, 6.45) is 11.6. The molecule has 96 heavy (non-hydrogen) atoms. The molecule has 16 aromatic rings. The quantitative estimate of drug-likeness (QED) is 0.112. The van der Waals surface area contributed by atoms with Gasteiger partial charge in [-0.05, 0) is 146 Å². The van der Waals surface area contributed by atoms with E-state index >= 15 is 0 Å². The first-order valence-corrected chi connectivity index (χ1v) is 34.5. The summed E-state index contributed by atoms with van der Waals surface area (Å²) in [7, 11) is 7.58. The molecule has 6 nitrogen and oxygen atoms in total. The van der Waals surface area contributed by atoms with Gasteiger partial charge in [-0.15, -0.1) is 45.3 Å². The summed E-state index contributed by atoms with van der Waals surface area (Å²) in [5, 5.41) is 6.40. The van der Waals surface area contributed by atoms with E-state index in [9.17, 15) is 17.6 Å². The maximum absolute atomic E-state index is 15.0. The number of aryl methyl sites for hydroxylation is 8. The number of hydrogen-bond acceptors (Lipinski definition) is 6. The Labute approximate surface area is 571 Å². The predicted molar refractivity (Wildman–Crippen MR) is 390 cm³/mol. The molecule has 0 aliphatic carbocycles. The van der Waals surface area contributed by atoms with E-state index < -0.39 is 0 Å². The van der Waals surface area contributed by atoms with Crippen LogP contribution in [0.4, 0.5) is 17.6 Å². The van der Waals surface area contributed by atoms with Gasteiger partial charge in [-0.1, -0.05) is 121 Å². The molecule has 0 fully saturated rings. The summed E-state index contributed by atoms with van der Waals surface area (Å²) in [6, 6.07) is 68.7. The summed E-state index contributed by atoms with van der Waals surface area (Å²) in [5.41, 5.74) is 15.9. The van der Waals surface area contributed by atoms with Gasteiger partial charge in [-0.25, -0.2) is 4.98 Å². The third kappa shape index (κ3) is 13.4. The first kappa shape index (κ1) is 64.5. The van der Waals surface area contributed by atoms with Crippen molar-refractivity contribution in [1.82, 2.24) is 9.97 Å². The minimum atomic E-state index is -0.233. The van der Waals surface area contributed by atoms with Crippen LogP contribution in [0.25, 0.3) is 128 Å². The van der Waals surface area contributed by atoms with Crippen LogP contribution in [-0.2, 0) is 28.2 Å². The number of halogens is 4. The second kappa shape index (κ2) is 28.0. The normalized spacial score (nSPS) is 11.1. The fourth-order valence-electron chi connectivity index (χ4n) is 12.2. The standard InChI is InChI=1S/2C21H17FNS.2C20H16FN2S/c1-14-7-3-5-9-17(14)21-18(22)11-16(13-23(21)2)20-12-15-8-4-6-10-19(15)24-20;1-14-7-3-4-8-16(14)21-19(22)11-15(12-23(21)2)18-13-24-20-10-6-5-9-17(18)20;1-13-7-3-4-8-15(13)19-16(21)11-14(12-23(19)2)20-22-17-9-5-6-10-18(17)24-20;1-13-5-3-4-6-16(13)20-17(21)9-15(12-23(20)2)19-10-14-11-22-8-7-18(14)24-19/h2*3-13H,1-2H3;2*3-12H,1-2H3/q4*+1. The number of rotatable bonds is 8. The molecule has 9 aromatic heterocycles. The zero-order valence-electron chi connectivity index (χ0n) is 54.1. The molecule has 0 atom stereocenters.